The van der Waals surface area contributed by atoms with Crippen LogP contribution in [-0.4, -0.2) is 37.2 Å². The molecule has 7 heteroatoms. The van der Waals surface area contributed by atoms with Gasteiger partial charge in [0.2, 0.25) is 0 Å². The first-order chi connectivity index (χ1) is 14.3. The van der Waals surface area contributed by atoms with Gasteiger partial charge in [-0.3, -0.25) is 9.59 Å². The number of benzene rings is 2. The van der Waals surface area contributed by atoms with Crippen LogP contribution in [0.4, 0.5) is 5.69 Å². The monoisotopic (exact) mass is 430 g/mol. The number of amides is 2. The van der Waals surface area contributed by atoms with Gasteiger partial charge in [0.1, 0.15) is 5.75 Å². The molecule has 0 aliphatic carbocycles. The maximum Gasteiger partial charge on any atom is 0.265 e. The summed E-state index contributed by atoms with van der Waals surface area (Å²) in [4.78, 5) is 25.3. The van der Waals surface area contributed by atoms with Crippen molar-refractivity contribution < 1.29 is 19.1 Å². The average Bonchev–Trinajstić information content (AvgIpc) is 3.24. The minimum absolute atomic E-state index is 0.0513. The smallest absolute Gasteiger partial charge is 0.265 e. The van der Waals surface area contributed by atoms with E-state index in [1.165, 1.54) is 0 Å². The van der Waals surface area contributed by atoms with Crippen molar-refractivity contribution in [3.05, 3.63) is 58.1 Å². The molecule has 1 heterocycles. The van der Waals surface area contributed by atoms with Gasteiger partial charge < -0.3 is 20.1 Å². The maximum absolute atomic E-state index is 12.7. The number of aryl methyl sites for hydroxylation is 2. The summed E-state index contributed by atoms with van der Waals surface area (Å²) in [7, 11) is 0. The molecule has 0 unspecified atom stereocenters. The summed E-state index contributed by atoms with van der Waals surface area (Å²) in [5.74, 6) is -0.0294. The van der Waals surface area contributed by atoms with Gasteiger partial charge in [0.15, 0.2) is 6.10 Å². The molecule has 2 aromatic rings. The summed E-state index contributed by atoms with van der Waals surface area (Å²) in [5.41, 5.74) is 2.60. The molecule has 0 saturated carbocycles. The van der Waals surface area contributed by atoms with E-state index in [1.54, 1.807) is 43.3 Å². The van der Waals surface area contributed by atoms with E-state index in [0.717, 1.165) is 30.6 Å². The lowest BCUT2D eigenvalue weighted by atomic mass is 10.1. The third kappa shape index (κ3) is 5.52. The highest BCUT2D eigenvalue weighted by Crippen LogP contribution is 2.26. The predicted octanol–water partition coefficient (Wildman–Crippen LogP) is 4.27. The van der Waals surface area contributed by atoms with Crippen LogP contribution >= 0.6 is 11.6 Å². The Morgan fingerprint density at radius 3 is 2.60 bits per heavy atom. The Morgan fingerprint density at radius 2 is 1.93 bits per heavy atom. The summed E-state index contributed by atoms with van der Waals surface area (Å²) >= 11 is 6.19. The Hall–Kier alpha value is -2.57. The number of para-hydroxylation sites is 1. The number of ether oxygens (including phenoxy) is 2. The molecule has 30 heavy (non-hydrogen) atoms. The molecule has 2 atom stereocenters. The summed E-state index contributed by atoms with van der Waals surface area (Å²) < 4.78 is 11.3. The number of rotatable bonds is 7. The van der Waals surface area contributed by atoms with Gasteiger partial charge in [-0.1, -0.05) is 23.7 Å². The number of hydrogen-bond donors (Lipinski definition) is 2. The second kappa shape index (κ2) is 9.96. The molecule has 1 aliphatic rings. The highest BCUT2D eigenvalue weighted by Gasteiger charge is 2.21. The average molecular weight is 431 g/mol. The molecule has 0 bridgehead atoms. The number of anilines is 1. The molecule has 0 aromatic heterocycles. The number of hydrogen-bond acceptors (Lipinski definition) is 4. The fourth-order valence-electron chi connectivity index (χ4n) is 3.36. The van der Waals surface area contributed by atoms with Crippen molar-refractivity contribution in [2.24, 2.45) is 0 Å². The van der Waals surface area contributed by atoms with Crippen LogP contribution in [0.2, 0.25) is 5.02 Å². The SMILES string of the molecule is Cc1cc(O[C@@H](C)C(=O)Nc2ccccc2C(=O)NC[C@H]2CCCO2)cc(C)c1Cl. The Morgan fingerprint density at radius 1 is 1.23 bits per heavy atom. The first kappa shape index (κ1) is 22.1. The first-order valence-corrected chi connectivity index (χ1v) is 10.5. The zero-order chi connectivity index (χ0) is 21.7. The lowest BCUT2D eigenvalue weighted by molar-refractivity contribution is -0.122. The fourth-order valence-corrected chi connectivity index (χ4v) is 3.47. The van der Waals surface area contributed by atoms with Crippen molar-refractivity contribution in [3.63, 3.8) is 0 Å². The quantitative estimate of drug-likeness (QED) is 0.687. The molecule has 3 rings (SSSR count). The molecule has 0 spiro atoms. The van der Waals surface area contributed by atoms with Crippen LogP contribution < -0.4 is 15.4 Å². The van der Waals surface area contributed by atoms with Gasteiger partial charge in [-0.25, -0.2) is 0 Å². The summed E-state index contributed by atoms with van der Waals surface area (Å²) in [6.45, 7) is 6.62. The van der Waals surface area contributed by atoms with Crippen molar-refractivity contribution >= 4 is 29.1 Å². The molecular formula is C23H27ClN2O4. The first-order valence-electron chi connectivity index (χ1n) is 10.1. The van der Waals surface area contributed by atoms with E-state index < -0.39 is 6.10 Å². The van der Waals surface area contributed by atoms with E-state index in [0.29, 0.717) is 28.6 Å². The summed E-state index contributed by atoms with van der Waals surface area (Å²) in [5, 5.41) is 6.36. The second-order valence-electron chi connectivity index (χ2n) is 7.51. The van der Waals surface area contributed by atoms with E-state index in [-0.39, 0.29) is 17.9 Å². The van der Waals surface area contributed by atoms with Gasteiger partial charge >= 0.3 is 0 Å². The molecule has 2 N–H and O–H groups in total. The van der Waals surface area contributed by atoms with E-state index in [1.807, 2.05) is 13.8 Å². The van der Waals surface area contributed by atoms with Crippen LogP contribution in [-0.2, 0) is 9.53 Å². The minimum Gasteiger partial charge on any atom is -0.481 e. The van der Waals surface area contributed by atoms with E-state index in [2.05, 4.69) is 10.6 Å². The maximum atomic E-state index is 12.7. The van der Waals surface area contributed by atoms with E-state index in [9.17, 15) is 9.59 Å². The highest BCUT2D eigenvalue weighted by atomic mass is 35.5. The topological polar surface area (TPSA) is 76.7 Å². The molecule has 160 valence electrons. The van der Waals surface area contributed by atoms with Crippen molar-refractivity contribution in [2.75, 3.05) is 18.5 Å². The van der Waals surface area contributed by atoms with Crippen LogP contribution in [0, 0.1) is 13.8 Å². The standard InChI is InChI=1S/C23H27ClN2O4/c1-14-11-18(12-15(2)21(14)24)30-16(3)22(27)26-20-9-5-4-8-19(20)23(28)25-13-17-7-6-10-29-17/h4-5,8-9,11-12,16-17H,6-7,10,13H2,1-3H3,(H,25,28)(H,26,27)/t16-,17+/m0/s1. The molecule has 6 nitrogen and oxygen atoms in total. The van der Waals surface area contributed by atoms with Gasteiger partial charge in [0.25, 0.3) is 11.8 Å². The third-order valence-corrected chi connectivity index (χ3v) is 5.63. The number of carbonyl (C=O) groups excluding carboxylic acids is 2. The Labute approximate surface area is 181 Å². The van der Waals surface area contributed by atoms with Crippen LogP contribution in [0.25, 0.3) is 0 Å². The molecule has 2 aromatic carbocycles. The number of nitrogens with one attached hydrogen (secondary N) is 2. The van der Waals surface area contributed by atoms with Gasteiger partial charge in [-0.15, -0.1) is 0 Å². The Bertz CT molecular complexity index is 902. The highest BCUT2D eigenvalue weighted by molar-refractivity contribution is 6.32. The molecule has 1 saturated heterocycles. The van der Waals surface area contributed by atoms with Crippen molar-refractivity contribution in [3.8, 4) is 5.75 Å². The lowest BCUT2D eigenvalue weighted by Crippen LogP contribution is -2.34. The van der Waals surface area contributed by atoms with Gasteiger partial charge in [0, 0.05) is 18.2 Å². The molecular weight excluding hydrogens is 404 g/mol. The Kier molecular flexibility index (Phi) is 7.34. The van der Waals surface area contributed by atoms with E-state index >= 15 is 0 Å². The summed E-state index contributed by atoms with van der Waals surface area (Å²) in [6, 6.07) is 10.5. The normalized spacial score (nSPS) is 16.7. The van der Waals surface area contributed by atoms with Gasteiger partial charge in [0.05, 0.1) is 17.4 Å². The van der Waals surface area contributed by atoms with Gasteiger partial charge in [-0.2, -0.15) is 0 Å². The van der Waals surface area contributed by atoms with Crippen molar-refractivity contribution in [1.82, 2.24) is 5.32 Å². The van der Waals surface area contributed by atoms with Crippen LogP contribution in [0.5, 0.6) is 5.75 Å². The Balaban J connectivity index is 1.63. The predicted molar refractivity (Wildman–Crippen MR) is 117 cm³/mol. The van der Waals surface area contributed by atoms with Crippen LogP contribution in [0.15, 0.2) is 36.4 Å². The number of carbonyl (C=O) groups is 2. The minimum atomic E-state index is -0.756. The second-order valence-corrected chi connectivity index (χ2v) is 7.89. The summed E-state index contributed by atoms with van der Waals surface area (Å²) in [6.07, 6.45) is 1.25. The van der Waals surface area contributed by atoms with Crippen LogP contribution in [0.1, 0.15) is 41.3 Å². The van der Waals surface area contributed by atoms with Gasteiger partial charge in [-0.05, 0) is 69.0 Å². The number of halogens is 1. The zero-order valence-electron chi connectivity index (χ0n) is 17.5. The fraction of sp³-hybridized carbons (Fsp3) is 0.391. The van der Waals surface area contributed by atoms with Crippen molar-refractivity contribution in [1.29, 1.82) is 0 Å². The third-order valence-electron chi connectivity index (χ3n) is 5.04. The zero-order valence-corrected chi connectivity index (χ0v) is 18.2. The lowest BCUT2D eigenvalue weighted by Gasteiger charge is -2.18. The molecule has 1 fully saturated rings. The van der Waals surface area contributed by atoms with Crippen molar-refractivity contribution in [2.45, 2.75) is 45.8 Å². The molecule has 0 radical (unpaired) electrons. The van der Waals surface area contributed by atoms with E-state index in [4.69, 9.17) is 21.1 Å². The molecule has 2 amide bonds. The largest absolute Gasteiger partial charge is 0.481 e. The van der Waals surface area contributed by atoms with Crippen LogP contribution in [0.3, 0.4) is 0 Å². The molecule has 1 aliphatic heterocycles.